The van der Waals surface area contributed by atoms with E-state index in [9.17, 15) is 0 Å². The number of hydrogen-bond donors (Lipinski definition) is 1. The molecule has 0 fully saturated rings. The smallest absolute Gasteiger partial charge is 0.0920 e. The molecule has 0 aromatic rings. The molecule has 0 aliphatic carbocycles. The van der Waals surface area contributed by atoms with Crippen molar-refractivity contribution in [3.05, 3.63) is 11.0 Å². The number of thioether (sulfide) groups is 1. The molecule has 0 amide bonds. The fraction of sp³-hybridized carbons (Fsp3) is 0.625. The second-order valence-electron chi connectivity index (χ2n) is 2.47. The first-order valence-electron chi connectivity index (χ1n) is 3.65. The van der Waals surface area contributed by atoms with Crippen molar-refractivity contribution in [2.24, 2.45) is 11.7 Å². The van der Waals surface area contributed by atoms with E-state index in [0.717, 1.165) is 10.7 Å². The van der Waals surface area contributed by atoms with Gasteiger partial charge in [0.1, 0.15) is 0 Å². The van der Waals surface area contributed by atoms with Gasteiger partial charge in [0.25, 0.3) is 0 Å². The van der Waals surface area contributed by atoms with Crippen LogP contribution in [0.15, 0.2) is 11.0 Å². The van der Waals surface area contributed by atoms with Crippen LogP contribution in [0.1, 0.15) is 13.8 Å². The summed E-state index contributed by atoms with van der Waals surface area (Å²) in [6.45, 7) is 4.82. The van der Waals surface area contributed by atoms with Gasteiger partial charge in [0.05, 0.1) is 6.07 Å². The maximum atomic E-state index is 8.41. The molecule has 0 aliphatic heterocycles. The van der Waals surface area contributed by atoms with Gasteiger partial charge in [0, 0.05) is 18.4 Å². The highest BCUT2D eigenvalue weighted by molar-refractivity contribution is 8.03. The molecule has 0 heterocycles. The van der Waals surface area contributed by atoms with E-state index >= 15 is 0 Å². The van der Waals surface area contributed by atoms with Gasteiger partial charge in [-0.3, -0.25) is 0 Å². The van der Waals surface area contributed by atoms with E-state index in [-0.39, 0.29) is 0 Å². The van der Waals surface area contributed by atoms with E-state index in [1.165, 1.54) is 0 Å². The summed E-state index contributed by atoms with van der Waals surface area (Å²) in [6.07, 6.45) is 1.60. The summed E-state index contributed by atoms with van der Waals surface area (Å²) < 4.78 is 0. The van der Waals surface area contributed by atoms with Crippen molar-refractivity contribution in [1.29, 1.82) is 5.26 Å². The van der Waals surface area contributed by atoms with Crippen LogP contribution in [0, 0.1) is 17.2 Å². The van der Waals surface area contributed by atoms with Crippen molar-refractivity contribution in [2.75, 3.05) is 12.3 Å². The largest absolute Gasteiger partial charge is 0.330 e. The van der Waals surface area contributed by atoms with Gasteiger partial charge in [-0.2, -0.15) is 5.26 Å². The van der Waals surface area contributed by atoms with Crippen molar-refractivity contribution < 1.29 is 0 Å². The Kier molecular flexibility index (Phi) is 6.00. The van der Waals surface area contributed by atoms with Crippen LogP contribution in [0.5, 0.6) is 0 Å². The summed E-state index contributed by atoms with van der Waals surface area (Å²) >= 11 is 1.67. The van der Waals surface area contributed by atoms with Gasteiger partial charge in [-0.25, -0.2) is 0 Å². The first kappa shape index (κ1) is 10.5. The summed E-state index contributed by atoms with van der Waals surface area (Å²) in [7, 11) is 0. The minimum absolute atomic E-state index is 0.436. The van der Waals surface area contributed by atoms with E-state index in [0.29, 0.717) is 12.5 Å². The fourth-order valence-electron chi connectivity index (χ4n) is 0.615. The standard InChI is InChI=1S/C8H14N2S/c1-7(2)8(3-4-9)11-6-5-10/h3,7H,5-6,10H2,1-2H3/b8-3+. The predicted octanol–water partition coefficient (Wildman–Crippen LogP) is 1.74. The van der Waals surface area contributed by atoms with Gasteiger partial charge in [0.2, 0.25) is 0 Å². The molecule has 62 valence electrons. The van der Waals surface area contributed by atoms with Crippen molar-refractivity contribution in [3.63, 3.8) is 0 Å². The van der Waals surface area contributed by atoms with Gasteiger partial charge in [-0.1, -0.05) is 13.8 Å². The average Bonchev–Trinajstić information content (AvgIpc) is 1.97. The van der Waals surface area contributed by atoms with Gasteiger partial charge < -0.3 is 5.73 Å². The summed E-state index contributed by atoms with van der Waals surface area (Å²) in [5, 5.41) is 8.41. The Morgan fingerprint density at radius 3 is 2.73 bits per heavy atom. The number of allylic oxidation sites excluding steroid dienone is 2. The lowest BCUT2D eigenvalue weighted by Gasteiger charge is -2.07. The molecule has 2 nitrogen and oxygen atoms in total. The first-order valence-corrected chi connectivity index (χ1v) is 4.63. The Balaban J connectivity index is 3.93. The third kappa shape index (κ3) is 4.88. The van der Waals surface area contributed by atoms with Gasteiger partial charge in [-0.05, 0) is 10.8 Å². The summed E-state index contributed by atoms with van der Waals surface area (Å²) in [4.78, 5) is 1.12. The molecule has 0 spiro atoms. The zero-order valence-electron chi connectivity index (χ0n) is 7.00. The van der Waals surface area contributed by atoms with Crippen molar-refractivity contribution in [2.45, 2.75) is 13.8 Å². The molecule has 0 saturated heterocycles. The first-order chi connectivity index (χ1) is 5.22. The van der Waals surface area contributed by atoms with Gasteiger partial charge in [-0.15, -0.1) is 11.8 Å². The molecule has 0 atom stereocenters. The predicted molar refractivity (Wildman–Crippen MR) is 50.0 cm³/mol. The summed E-state index contributed by atoms with van der Waals surface area (Å²) in [5.41, 5.74) is 5.34. The number of rotatable bonds is 4. The number of nitriles is 1. The van der Waals surface area contributed by atoms with E-state index in [1.54, 1.807) is 17.8 Å². The molecule has 2 N–H and O–H groups in total. The summed E-state index contributed by atoms with van der Waals surface area (Å²) in [6, 6.07) is 2.03. The zero-order valence-corrected chi connectivity index (χ0v) is 7.82. The van der Waals surface area contributed by atoms with Crippen LogP contribution >= 0.6 is 11.8 Å². The minimum Gasteiger partial charge on any atom is -0.330 e. The number of nitrogens with two attached hydrogens (primary N) is 1. The second kappa shape index (κ2) is 6.26. The Labute approximate surface area is 72.5 Å². The van der Waals surface area contributed by atoms with E-state index < -0.39 is 0 Å². The third-order valence-electron chi connectivity index (χ3n) is 1.16. The molecule has 0 saturated carbocycles. The second-order valence-corrected chi connectivity index (χ2v) is 3.64. The quantitative estimate of drug-likeness (QED) is 0.654. The number of hydrogen-bond acceptors (Lipinski definition) is 3. The Hall–Kier alpha value is -0.460. The molecule has 3 heteroatoms. The molecule has 0 aromatic heterocycles. The summed E-state index contributed by atoms with van der Waals surface area (Å²) in [5.74, 6) is 1.33. The normalized spacial score (nSPS) is 11.7. The lowest BCUT2D eigenvalue weighted by Crippen LogP contribution is -2.02. The third-order valence-corrected chi connectivity index (χ3v) is 2.52. The topological polar surface area (TPSA) is 49.8 Å². The Morgan fingerprint density at radius 1 is 1.73 bits per heavy atom. The van der Waals surface area contributed by atoms with Crippen LogP contribution in [0.25, 0.3) is 0 Å². The molecular formula is C8H14N2S. The highest BCUT2D eigenvalue weighted by Gasteiger charge is 2.01. The highest BCUT2D eigenvalue weighted by atomic mass is 32.2. The van der Waals surface area contributed by atoms with Crippen molar-refractivity contribution >= 4 is 11.8 Å². The maximum Gasteiger partial charge on any atom is 0.0920 e. The molecule has 0 rings (SSSR count). The Morgan fingerprint density at radius 2 is 2.36 bits per heavy atom. The Bertz CT molecular complexity index is 167. The van der Waals surface area contributed by atoms with Crippen LogP contribution in [0.4, 0.5) is 0 Å². The minimum atomic E-state index is 0.436. The monoisotopic (exact) mass is 170 g/mol. The zero-order chi connectivity index (χ0) is 8.69. The van der Waals surface area contributed by atoms with Crippen molar-refractivity contribution in [1.82, 2.24) is 0 Å². The molecule has 0 aromatic carbocycles. The van der Waals surface area contributed by atoms with Crippen LogP contribution in [-0.2, 0) is 0 Å². The fourth-order valence-corrected chi connectivity index (χ4v) is 1.44. The molecular weight excluding hydrogens is 156 g/mol. The molecule has 11 heavy (non-hydrogen) atoms. The molecule has 0 radical (unpaired) electrons. The highest BCUT2D eigenvalue weighted by Crippen LogP contribution is 2.22. The van der Waals surface area contributed by atoms with Gasteiger partial charge in [0.15, 0.2) is 0 Å². The molecule has 0 bridgehead atoms. The van der Waals surface area contributed by atoms with E-state index in [2.05, 4.69) is 13.8 Å². The number of nitrogens with zero attached hydrogens (tertiary/aromatic N) is 1. The molecule has 0 unspecified atom stereocenters. The van der Waals surface area contributed by atoms with Crippen molar-refractivity contribution in [3.8, 4) is 6.07 Å². The van der Waals surface area contributed by atoms with Crippen LogP contribution < -0.4 is 5.73 Å². The van der Waals surface area contributed by atoms with Crippen LogP contribution in [0.2, 0.25) is 0 Å². The average molecular weight is 170 g/mol. The van der Waals surface area contributed by atoms with Crippen LogP contribution in [0.3, 0.4) is 0 Å². The van der Waals surface area contributed by atoms with E-state index in [1.807, 2.05) is 6.07 Å². The molecule has 0 aliphatic rings. The lowest BCUT2D eigenvalue weighted by atomic mass is 10.2. The SMILES string of the molecule is CC(C)/C(=C\C#N)SCCN. The van der Waals surface area contributed by atoms with Gasteiger partial charge >= 0.3 is 0 Å². The van der Waals surface area contributed by atoms with E-state index in [4.69, 9.17) is 11.0 Å². The lowest BCUT2D eigenvalue weighted by molar-refractivity contribution is 0.816. The maximum absolute atomic E-state index is 8.41. The van der Waals surface area contributed by atoms with Crippen LogP contribution in [-0.4, -0.2) is 12.3 Å².